The summed E-state index contributed by atoms with van der Waals surface area (Å²) in [7, 11) is 3.23. The summed E-state index contributed by atoms with van der Waals surface area (Å²) in [5, 5.41) is 3.11. The number of likely N-dealkylation sites (N-methyl/N-ethyl adjacent to an activating group) is 1. The Morgan fingerprint density at radius 3 is 2.52 bits per heavy atom. The third kappa shape index (κ3) is 3.38. The number of methoxy groups -OCH3 is 1. The molecule has 0 heterocycles. The second kappa shape index (κ2) is 6.48. The predicted octanol–water partition coefficient (Wildman–Crippen LogP) is 2.87. The molecule has 2 unspecified atom stereocenters. The molecule has 0 aliphatic heterocycles. The molecule has 2 rings (SSSR count). The lowest BCUT2D eigenvalue weighted by molar-refractivity contribution is -0.148. The fraction of sp³-hybridized carbons (Fsp3) is 0.588. The molecule has 0 spiro atoms. The van der Waals surface area contributed by atoms with E-state index in [1.807, 2.05) is 12.1 Å². The van der Waals surface area contributed by atoms with Crippen LogP contribution in [0.3, 0.4) is 0 Å². The Bertz CT molecular complexity index is 483. The van der Waals surface area contributed by atoms with Gasteiger partial charge in [0.2, 0.25) is 0 Å². The first-order valence-corrected chi connectivity index (χ1v) is 7.54. The maximum atomic E-state index is 11.9. The Labute approximate surface area is 126 Å². The van der Waals surface area contributed by atoms with Gasteiger partial charge in [0, 0.05) is 6.42 Å². The van der Waals surface area contributed by atoms with Crippen molar-refractivity contribution >= 4 is 5.97 Å². The SMILES string of the molecule is CNC1(C(=O)OC)CCC(Oc2ccc(C(C)C)cc2)C1. The number of hydrogen-bond donors (Lipinski definition) is 1. The van der Waals surface area contributed by atoms with Crippen molar-refractivity contribution in [2.75, 3.05) is 14.2 Å². The van der Waals surface area contributed by atoms with E-state index in [1.165, 1.54) is 12.7 Å². The van der Waals surface area contributed by atoms with Gasteiger partial charge in [0.05, 0.1) is 7.11 Å². The number of esters is 1. The third-order valence-electron chi connectivity index (χ3n) is 4.37. The van der Waals surface area contributed by atoms with Crippen molar-refractivity contribution in [1.29, 1.82) is 0 Å². The minimum atomic E-state index is -0.600. The second-order valence-corrected chi connectivity index (χ2v) is 6.03. The highest BCUT2D eigenvalue weighted by Gasteiger charge is 2.46. The lowest BCUT2D eigenvalue weighted by atomic mass is 9.98. The number of rotatable bonds is 5. The Kier molecular flexibility index (Phi) is 4.88. The van der Waals surface area contributed by atoms with Gasteiger partial charge in [0.15, 0.2) is 0 Å². The van der Waals surface area contributed by atoms with Gasteiger partial charge < -0.3 is 14.8 Å². The summed E-state index contributed by atoms with van der Waals surface area (Å²) in [5.41, 5.74) is 0.699. The van der Waals surface area contributed by atoms with Gasteiger partial charge in [-0.2, -0.15) is 0 Å². The van der Waals surface area contributed by atoms with E-state index in [0.29, 0.717) is 12.3 Å². The third-order valence-corrected chi connectivity index (χ3v) is 4.37. The summed E-state index contributed by atoms with van der Waals surface area (Å²) < 4.78 is 10.9. The van der Waals surface area contributed by atoms with E-state index in [-0.39, 0.29) is 12.1 Å². The summed E-state index contributed by atoms with van der Waals surface area (Å²) in [5.74, 6) is 1.18. The van der Waals surface area contributed by atoms with Gasteiger partial charge >= 0.3 is 5.97 Å². The van der Waals surface area contributed by atoms with Crippen LogP contribution in [-0.4, -0.2) is 31.8 Å². The Morgan fingerprint density at radius 2 is 2.00 bits per heavy atom. The van der Waals surface area contributed by atoms with Crippen molar-refractivity contribution in [1.82, 2.24) is 5.32 Å². The highest BCUT2D eigenvalue weighted by Crippen LogP contribution is 2.33. The fourth-order valence-electron chi connectivity index (χ4n) is 2.93. The first-order valence-electron chi connectivity index (χ1n) is 7.54. The van der Waals surface area contributed by atoms with E-state index in [1.54, 1.807) is 7.05 Å². The number of hydrogen-bond acceptors (Lipinski definition) is 4. The number of nitrogens with one attached hydrogen (secondary N) is 1. The molecule has 0 amide bonds. The summed E-state index contributed by atoms with van der Waals surface area (Å²) in [6.07, 6.45) is 2.27. The minimum Gasteiger partial charge on any atom is -0.490 e. The van der Waals surface area contributed by atoms with Crippen LogP contribution in [0.4, 0.5) is 0 Å². The monoisotopic (exact) mass is 291 g/mol. The quantitative estimate of drug-likeness (QED) is 0.847. The molecule has 4 nitrogen and oxygen atoms in total. The van der Waals surface area contributed by atoms with E-state index in [2.05, 4.69) is 31.3 Å². The van der Waals surface area contributed by atoms with Crippen LogP contribution in [-0.2, 0) is 9.53 Å². The molecule has 0 radical (unpaired) electrons. The average molecular weight is 291 g/mol. The van der Waals surface area contributed by atoms with E-state index < -0.39 is 5.54 Å². The van der Waals surface area contributed by atoms with Gasteiger partial charge in [-0.15, -0.1) is 0 Å². The van der Waals surface area contributed by atoms with Crippen molar-refractivity contribution in [2.45, 2.75) is 50.7 Å². The zero-order valence-electron chi connectivity index (χ0n) is 13.3. The predicted molar refractivity (Wildman–Crippen MR) is 82.6 cm³/mol. The van der Waals surface area contributed by atoms with Crippen molar-refractivity contribution in [2.24, 2.45) is 0 Å². The molecule has 1 aliphatic carbocycles. The van der Waals surface area contributed by atoms with Gasteiger partial charge in [0.25, 0.3) is 0 Å². The largest absolute Gasteiger partial charge is 0.490 e. The first-order chi connectivity index (χ1) is 10.0. The van der Waals surface area contributed by atoms with Crippen molar-refractivity contribution < 1.29 is 14.3 Å². The zero-order chi connectivity index (χ0) is 15.5. The molecule has 1 fully saturated rings. The van der Waals surface area contributed by atoms with Crippen molar-refractivity contribution in [3.63, 3.8) is 0 Å². The van der Waals surface area contributed by atoms with Crippen LogP contribution in [0.1, 0.15) is 44.6 Å². The standard InChI is InChI=1S/C17H25NO3/c1-12(2)13-5-7-14(8-6-13)21-15-9-10-17(11-15,18-3)16(19)20-4/h5-8,12,15,18H,9-11H2,1-4H3. The molecule has 1 N–H and O–H groups in total. The molecule has 116 valence electrons. The van der Waals surface area contributed by atoms with Crippen molar-refractivity contribution in [3.8, 4) is 5.75 Å². The number of carbonyl (C=O) groups excluding carboxylic acids is 1. The lowest BCUT2D eigenvalue weighted by Crippen LogP contribution is -2.49. The van der Waals surface area contributed by atoms with Crippen LogP contribution in [0.5, 0.6) is 5.75 Å². The fourth-order valence-corrected chi connectivity index (χ4v) is 2.93. The number of ether oxygens (including phenoxy) is 2. The molecule has 1 aromatic carbocycles. The Morgan fingerprint density at radius 1 is 1.33 bits per heavy atom. The lowest BCUT2D eigenvalue weighted by Gasteiger charge is -2.25. The van der Waals surface area contributed by atoms with E-state index >= 15 is 0 Å². The molecule has 21 heavy (non-hydrogen) atoms. The van der Waals surface area contributed by atoms with Crippen LogP contribution in [0.15, 0.2) is 24.3 Å². The minimum absolute atomic E-state index is 0.0430. The molecular formula is C17H25NO3. The summed E-state index contributed by atoms with van der Waals surface area (Å²) in [6, 6.07) is 8.21. The van der Waals surface area contributed by atoms with Gasteiger partial charge in [-0.3, -0.25) is 4.79 Å². The van der Waals surface area contributed by atoms with E-state index in [0.717, 1.165) is 18.6 Å². The average Bonchev–Trinajstić information content (AvgIpc) is 2.91. The van der Waals surface area contributed by atoms with Crippen LogP contribution in [0.25, 0.3) is 0 Å². The highest BCUT2D eigenvalue weighted by atomic mass is 16.5. The molecule has 0 saturated heterocycles. The summed E-state index contributed by atoms with van der Waals surface area (Å²) in [6.45, 7) is 4.34. The van der Waals surface area contributed by atoms with Crippen LogP contribution in [0, 0.1) is 0 Å². The van der Waals surface area contributed by atoms with Gasteiger partial charge in [-0.25, -0.2) is 0 Å². The molecular weight excluding hydrogens is 266 g/mol. The van der Waals surface area contributed by atoms with E-state index in [4.69, 9.17) is 9.47 Å². The van der Waals surface area contributed by atoms with Gasteiger partial charge in [-0.1, -0.05) is 26.0 Å². The maximum Gasteiger partial charge on any atom is 0.326 e. The van der Waals surface area contributed by atoms with Gasteiger partial charge in [-0.05, 0) is 43.5 Å². The topological polar surface area (TPSA) is 47.6 Å². The molecule has 0 bridgehead atoms. The summed E-state index contributed by atoms with van der Waals surface area (Å²) >= 11 is 0. The molecule has 0 aromatic heterocycles. The van der Waals surface area contributed by atoms with Crippen LogP contribution in [0.2, 0.25) is 0 Å². The molecule has 2 atom stereocenters. The second-order valence-electron chi connectivity index (χ2n) is 6.03. The molecule has 4 heteroatoms. The van der Waals surface area contributed by atoms with Crippen LogP contribution >= 0.6 is 0 Å². The number of benzene rings is 1. The highest BCUT2D eigenvalue weighted by molar-refractivity contribution is 5.81. The Balaban J connectivity index is 2.00. The molecule has 1 aromatic rings. The zero-order valence-corrected chi connectivity index (χ0v) is 13.3. The molecule has 1 aliphatic rings. The maximum absolute atomic E-state index is 11.9. The Hall–Kier alpha value is -1.55. The summed E-state index contributed by atoms with van der Waals surface area (Å²) in [4.78, 5) is 11.9. The smallest absolute Gasteiger partial charge is 0.326 e. The first kappa shape index (κ1) is 15.8. The van der Waals surface area contributed by atoms with E-state index in [9.17, 15) is 4.79 Å². The number of carbonyl (C=O) groups is 1. The van der Waals surface area contributed by atoms with Crippen LogP contribution < -0.4 is 10.1 Å². The molecule has 1 saturated carbocycles. The van der Waals surface area contributed by atoms with Gasteiger partial charge in [0.1, 0.15) is 17.4 Å². The normalized spacial score (nSPS) is 25.1. The van der Waals surface area contributed by atoms with Crippen molar-refractivity contribution in [3.05, 3.63) is 29.8 Å².